The van der Waals surface area contributed by atoms with Crippen LogP contribution in [-0.4, -0.2) is 36.5 Å². The van der Waals surface area contributed by atoms with E-state index in [1.165, 1.54) is 44.1 Å². The summed E-state index contributed by atoms with van der Waals surface area (Å²) in [6, 6.07) is 13.8. The Balaban J connectivity index is 1.24. The van der Waals surface area contributed by atoms with Gasteiger partial charge in [-0.25, -0.2) is 15.1 Å². The fraction of sp³-hybridized carbons (Fsp3) is 0.500. The van der Waals surface area contributed by atoms with E-state index in [1.54, 1.807) is 0 Å². The van der Waals surface area contributed by atoms with Crippen molar-refractivity contribution < 1.29 is 29.0 Å². The number of amides is 1. The van der Waals surface area contributed by atoms with Gasteiger partial charge in [-0.3, -0.25) is 4.79 Å². The molecule has 7 rings (SSSR count). The van der Waals surface area contributed by atoms with Crippen LogP contribution in [0.4, 0.5) is 0 Å². The Morgan fingerprint density at radius 1 is 1.00 bits per heavy atom. The summed E-state index contributed by atoms with van der Waals surface area (Å²) in [7, 11) is 0. The number of aliphatic carboxylic acids is 1. The summed E-state index contributed by atoms with van der Waals surface area (Å²) in [5.41, 5.74) is 6.76. The molecule has 1 heterocycles. The molecule has 0 radical (unpaired) electrons. The number of hydroxylamine groups is 1. The first-order valence-corrected chi connectivity index (χ1v) is 14.2. The van der Waals surface area contributed by atoms with E-state index < -0.39 is 12.3 Å². The first kappa shape index (κ1) is 26.1. The van der Waals surface area contributed by atoms with Crippen molar-refractivity contribution in [3.8, 4) is 16.9 Å². The van der Waals surface area contributed by atoms with Crippen LogP contribution in [0.2, 0.25) is 0 Å². The molecule has 1 unspecified atom stereocenters. The third-order valence-electron chi connectivity index (χ3n) is 9.22. The van der Waals surface area contributed by atoms with Gasteiger partial charge in [-0.05, 0) is 109 Å². The molecule has 2 aromatic rings. The molecule has 39 heavy (non-hydrogen) atoms. The molecule has 1 amide bonds. The van der Waals surface area contributed by atoms with Crippen molar-refractivity contribution in [2.24, 2.45) is 17.8 Å². The van der Waals surface area contributed by atoms with E-state index in [2.05, 4.69) is 24.2 Å². The van der Waals surface area contributed by atoms with E-state index in [0.29, 0.717) is 17.9 Å². The van der Waals surface area contributed by atoms with Gasteiger partial charge in [-0.15, -0.1) is 0 Å². The predicted octanol–water partition coefficient (Wildman–Crippen LogP) is 5.87. The normalized spacial score (nSPS) is 29.1. The topological polar surface area (TPSA) is 94.1 Å². The van der Waals surface area contributed by atoms with Gasteiger partial charge in [-0.1, -0.05) is 36.9 Å². The molecule has 7 nitrogen and oxygen atoms in total. The summed E-state index contributed by atoms with van der Waals surface area (Å²) in [6.07, 6.45) is 10.0. The van der Waals surface area contributed by atoms with E-state index >= 15 is 0 Å². The highest BCUT2D eigenvalue weighted by Crippen LogP contribution is 2.62. The molecule has 1 atom stereocenters. The summed E-state index contributed by atoms with van der Waals surface area (Å²) < 4.78 is 11.5. The second-order valence-electron chi connectivity index (χ2n) is 12.0. The summed E-state index contributed by atoms with van der Waals surface area (Å²) in [5, 5.41) is 9.33. The lowest BCUT2D eigenvalue weighted by Gasteiger charge is -2.57. The van der Waals surface area contributed by atoms with Gasteiger partial charge >= 0.3 is 5.97 Å². The third kappa shape index (κ3) is 5.48. The SMILES string of the molecule is C=C(C(=O)O)c1ccc(-c2ccc(OCC(=O)NOC3CCCCO3)cc2C23CC4CC(CC(C4)C2)C3)cc1. The second kappa shape index (κ2) is 10.8. The zero-order valence-corrected chi connectivity index (χ0v) is 22.3. The zero-order chi connectivity index (χ0) is 27.0. The fourth-order valence-corrected chi connectivity index (χ4v) is 7.83. The second-order valence-corrected chi connectivity index (χ2v) is 12.0. The van der Waals surface area contributed by atoms with Crippen LogP contribution in [0.5, 0.6) is 5.75 Å². The summed E-state index contributed by atoms with van der Waals surface area (Å²) in [5.74, 6) is 1.64. The minimum atomic E-state index is -1.01. The Morgan fingerprint density at radius 2 is 1.69 bits per heavy atom. The van der Waals surface area contributed by atoms with Crippen LogP contribution in [0, 0.1) is 17.8 Å². The van der Waals surface area contributed by atoms with Gasteiger partial charge in [0.05, 0.1) is 5.57 Å². The van der Waals surface area contributed by atoms with Crippen molar-refractivity contribution >= 4 is 17.4 Å². The van der Waals surface area contributed by atoms with Gasteiger partial charge < -0.3 is 14.6 Å². The number of hydrogen-bond donors (Lipinski definition) is 2. The molecule has 4 saturated carbocycles. The van der Waals surface area contributed by atoms with Crippen LogP contribution in [-0.2, 0) is 24.6 Å². The van der Waals surface area contributed by atoms with E-state index in [9.17, 15) is 14.7 Å². The molecule has 0 spiro atoms. The average molecular weight is 532 g/mol. The Kier molecular flexibility index (Phi) is 7.21. The van der Waals surface area contributed by atoms with Crippen LogP contribution in [0.3, 0.4) is 0 Å². The van der Waals surface area contributed by atoms with Crippen LogP contribution >= 0.6 is 0 Å². The smallest absolute Gasteiger partial charge is 0.335 e. The van der Waals surface area contributed by atoms with Crippen LogP contribution < -0.4 is 10.2 Å². The maximum atomic E-state index is 12.4. The highest BCUT2D eigenvalue weighted by Gasteiger charge is 2.52. The first-order valence-electron chi connectivity index (χ1n) is 14.2. The maximum absolute atomic E-state index is 12.4. The van der Waals surface area contributed by atoms with Gasteiger partial charge in [0.2, 0.25) is 0 Å². The molecular weight excluding hydrogens is 494 g/mol. The average Bonchev–Trinajstić information content (AvgIpc) is 2.94. The van der Waals surface area contributed by atoms with Gasteiger partial charge in [0, 0.05) is 13.0 Å². The zero-order valence-electron chi connectivity index (χ0n) is 22.3. The molecule has 7 heteroatoms. The number of ether oxygens (including phenoxy) is 2. The summed E-state index contributed by atoms with van der Waals surface area (Å²) >= 11 is 0. The number of rotatable bonds is 9. The van der Waals surface area contributed by atoms with E-state index in [1.807, 2.05) is 30.3 Å². The lowest BCUT2D eigenvalue weighted by atomic mass is 9.47. The molecule has 1 saturated heterocycles. The minimum Gasteiger partial charge on any atom is -0.484 e. The van der Waals surface area contributed by atoms with Crippen LogP contribution in [0.25, 0.3) is 16.7 Å². The number of benzene rings is 2. The molecule has 2 N–H and O–H groups in total. The number of nitrogens with one attached hydrogen (secondary N) is 1. The minimum absolute atomic E-state index is 0.0870. The standard InChI is InChI=1S/C32H37NO6/c1-20(31(35)36)24-5-7-25(8-6-24)27-10-9-26(38-19-29(34)33-39-30-4-2-3-11-37-30)15-28(27)32-16-21-12-22(17-32)14-23(13-21)18-32/h5-10,15,21-23,30H,1-4,11-14,16-19H2,(H,33,34)(H,35,36). The van der Waals surface area contributed by atoms with E-state index in [-0.39, 0.29) is 23.5 Å². The quantitative estimate of drug-likeness (QED) is 0.310. The van der Waals surface area contributed by atoms with Gasteiger partial charge in [0.15, 0.2) is 12.9 Å². The van der Waals surface area contributed by atoms with Crippen LogP contribution in [0.15, 0.2) is 49.0 Å². The van der Waals surface area contributed by atoms with Crippen molar-refractivity contribution in [2.45, 2.75) is 69.5 Å². The van der Waals surface area contributed by atoms with Crippen LogP contribution in [0.1, 0.15) is 68.9 Å². The lowest BCUT2D eigenvalue weighted by Crippen LogP contribution is -2.48. The highest BCUT2D eigenvalue weighted by atomic mass is 16.8. The molecule has 5 fully saturated rings. The van der Waals surface area contributed by atoms with E-state index in [0.717, 1.165) is 48.1 Å². The molecule has 1 aliphatic heterocycles. The van der Waals surface area contributed by atoms with Gasteiger partial charge in [0.25, 0.3) is 5.91 Å². The maximum Gasteiger partial charge on any atom is 0.335 e. The molecule has 4 bridgehead atoms. The highest BCUT2D eigenvalue weighted by molar-refractivity contribution is 6.14. The van der Waals surface area contributed by atoms with Crippen molar-refractivity contribution in [3.05, 3.63) is 60.2 Å². The monoisotopic (exact) mass is 531 g/mol. The van der Waals surface area contributed by atoms with Crippen molar-refractivity contribution in [1.29, 1.82) is 0 Å². The summed E-state index contributed by atoms with van der Waals surface area (Å²) in [4.78, 5) is 29.2. The first-order chi connectivity index (χ1) is 18.9. The van der Waals surface area contributed by atoms with Crippen molar-refractivity contribution in [3.63, 3.8) is 0 Å². The Morgan fingerprint density at radius 3 is 2.31 bits per heavy atom. The van der Waals surface area contributed by atoms with Crippen molar-refractivity contribution in [1.82, 2.24) is 5.48 Å². The molecule has 2 aromatic carbocycles. The summed E-state index contributed by atoms with van der Waals surface area (Å²) in [6.45, 7) is 4.20. The molecular formula is C32H37NO6. The van der Waals surface area contributed by atoms with Gasteiger partial charge in [-0.2, -0.15) is 0 Å². The van der Waals surface area contributed by atoms with Gasteiger partial charge in [0.1, 0.15) is 5.75 Å². The molecule has 4 aliphatic carbocycles. The number of hydrogen-bond acceptors (Lipinski definition) is 5. The number of carboxylic acids is 1. The Hall–Kier alpha value is -3.16. The number of carbonyl (C=O) groups is 2. The fourth-order valence-electron chi connectivity index (χ4n) is 7.83. The molecule has 0 aromatic heterocycles. The predicted molar refractivity (Wildman–Crippen MR) is 147 cm³/mol. The molecule has 206 valence electrons. The Labute approximate surface area is 229 Å². The Bertz CT molecular complexity index is 1210. The van der Waals surface area contributed by atoms with E-state index in [4.69, 9.17) is 14.3 Å². The lowest BCUT2D eigenvalue weighted by molar-refractivity contribution is -0.201. The van der Waals surface area contributed by atoms with Crippen molar-refractivity contribution in [2.75, 3.05) is 13.2 Å². The largest absolute Gasteiger partial charge is 0.484 e. The molecule has 5 aliphatic rings. The third-order valence-corrected chi connectivity index (χ3v) is 9.22. The number of carbonyl (C=O) groups excluding carboxylic acids is 1. The number of carboxylic acid groups (broad SMARTS) is 1.